The fourth-order valence-corrected chi connectivity index (χ4v) is 6.57. The maximum atomic E-state index is 12.9. The molecule has 3 rings (SSSR count). The van der Waals surface area contributed by atoms with Gasteiger partial charge in [0.2, 0.25) is 5.91 Å². The highest BCUT2D eigenvalue weighted by molar-refractivity contribution is 5.80. The Kier molecular flexibility index (Phi) is 5.04. The Balaban J connectivity index is 1.74. The van der Waals surface area contributed by atoms with Gasteiger partial charge in [-0.25, -0.2) is 4.79 Å². The molecule has 3 aliphatic rings. The summed E-state index contributed by atoms with van der Waals surface area (Å²) in [6.45, 7) is 10.7. The quantitative estimate of drug-likeness (QED) is 0.692. The van der Waals surface area contributed by atoms with Gasteiger partial charge in [0.1, 0.15) is 0 Å². The second kappa shape index (κ2) is 6.72. The lowest BCUT2D eigenvalue weighted by molar-refractivity contribution is -0.133. The van der Waals surface area contributed by atoms with Crippen LogP contribution in [0.15, 0.2) is 0 Å². The molecule has 5 nitrogen and oxygen atoms in total. The zero-order valence-electron chi connectivity index (χ0n) is 17.0. The summed E-state index contributed by atoms with van der Waals surface area (Å²) in [5, 5.41) is 15.1. The molecule has 2 amide bonds. The van der Waals surface area contributed by atoms with E-state index in [-0.39, 0.29) is 28.8 Å². The van der Waals surface area contributed by atoms with E-state index >= 15 is 0 Å². The van der Waals surface area contributed by atoms with Crippen molar-refractivity contribution in [2.24, 2.45) is 35.0 Å². The predicted octanol–water partition coefficient (Wildman–Crippen LogP) is 4.03. The van der Waals surface area contributed by atoms with Crippen molar-refractivity contribution >= 4 is 12.0 Å². The molecule has 1 unspecified atom stereocenters. The third-order valence-electron chi connectivity index (χ3n) is 7.74. The van der Waals surface area contributed by atoms with Crippen LogP contribution in [0.25, 0.3) is 0 Å². The van der Waals surface area contributed by atoms with Gasteiger partial charge in [-0.3, -0.25) is 4.79 Å². The zero-order valence-corrected chi connectivity index (χ0v) is 17.0. The van der Waals surface area contributed by atoms with Gasteiger partial charge < -0.3 is 15.7 Å². The van der Waals surface area contributed by atoms with Crippen LogP contribution < -0.4 is 10.6 Å². The van der Waals surface area contributed by atoms with Gasteiger partial charge >= 0.3 is 6.09 Å². The first-order chi connectivity index (χ1) is 12.0. The molecule has 3 saturated carbocycles. The first-order valence-corrected chi connectivity index (χ1v) is 10.3. The maximum Gasteiger partial charge on any atom is 0.404 e. The SMILES string of the molecule is C[C@@H]1C(NC(=O)O)CC[C@@H]2[C@@H]1CC[C@]1(C)[C@@H](C(=O)NC(C)(C)C)CC[C@@H]21. The fourth-order valence-electron chi connectivity index (χ4n) is 6.57. The van der Waals surface area contributed by atoms with Gasteiger partial charge in [-0.2, -0.15) is 0 Å². The number of nitrogens with one attached hydrogen (secondary N) is 2. The number of hydrogen-bond acceptors (Lipinski definition) is 2. The van der Waals surface area contributed by atoms with E-state index in [9.17, 15) is 9.59 Å². The minimum absolute atomic E-state index is 0.0829. The number of carbonyl (C=O) groups excluding carboxylic acids is 1. The van der Waals surface area contributed by atoms with Gasteiger partial charge in [-0.05, 0) is 88.4 Å². The molecule has 0 aromatic carbocycles. The molecule has 148 valence electrons. The van der Waals surface area contributed by atoms with Crippen molar-refractivity contribution in [3.8, 4) is 0 Å². The Morgan fingerprint density at radius 3 is 2.35 bits per heavy atom. The molecular weight excluding hydrogens is 328 g/mol. The van der Waals surface area contributed by atoms with Crippen LogP contribution in [0.5, 0.6) is 0 Å². The summed E-state index contributed by atoms with van der Waals surface area (Å²) in [6, 6.07) is 0.0829. The summed E-state index contributed by atoms with van der Waals surface area (Å²) in [5.41, 5.74) is -0.0823. The summed E-state index contributed by atoms with van der Waals surface area (Å²) in [4.78, 5) is 24.0. The van der Waals surface area contributed by atoms with Crippen LogP contribution in [0.3, 0.4) is 0 Å². The highest BCUT2D eigenvalue weighted by atomic mass is 16.4. The van der Waals surface area contributed by atoms with Crippen LogP contribution in [0.1, 0.15) is 73.1 Å². The molecule has 3 fully saturated rings. The molecule has 0 bridgehead atoms. The largest absolute Gasteiger partial charge is 0.465 e. The first-order valence-electron chi connectivity index (χ1n) is 10.3. The number of carbonyl (C=O) groups is 2. The molecular formula is C21H36N2O3. The van der Waals surface area contributed by atoms with Crippen molar-refractivity contribution in [2.45, 2.75) is 84.7 Å². The number of rotatable bonds is 2. The molecule has 5 heteroatoms. The molecule has 0 aliphatic heterocycles. The fraction of sp³-hybridized carbons (Fsp3) is 0.905. The van der Waals surface area contributed by atoms with Gasteiger partial charge in [0, 0.05) is 17.5 Å². The van der Waals surface area contributed by atoms with Gasteiger partial charge in [0.25, 0.3) is 0 Å². The van der Waals surface area contributed by atoms with E-state index in [1.807, 2.05) is 0 Å². The van der Waals surface area contributed by atoms with Crippen LogP contribution >= 0.6 is 0 Å². The number of carboxylic acid groups (broad SMARTS) is 1. The third kappa shape index (κ3) is 3.46. The minimum atomic E-state index is -0.902. The molecule has 3 aliphatic carbocycles. The van der Waals surface area contributed by atoms with E-state index in [1.165, 1.54) is 0 Å². The van der Waals surface area contributed by atoms with Gasteiger partial charge in [-0.15, -0.1) is 0 Å². The third-order valence-corrected chi connectivity index (χ3v) is 7.74. The summed E-state index contributed by atoms with van der Waals surface area (Å²) in [6.07, 6.45) is 5.47. The molecule has 0 saturated heterocycles. The van der Waals surface area contributed by atoms with Gasteiger partial charge in [-0.1, -0.05) is 13.8 Å². The molecule has 3 N–H and O–H groups in total. The topological polar surface area (TPSA) is 78.4 Å². The average Bonchev–Trinajstić information content (AvgIpc) is 2.85. The van der Waals surface area contributed by atoms with Crippen molar-refractivity contribution in [1.82, 2.24) is 10.6 Å². The lowest BCUT2D eigenvalue weighted by Crippen LogP contribution is -2.54. The van der Waals surface area contributed by atoms with E-state index < -0.39 is 6.09 Å². The van der Waals surface area contributed by atoms with E-state index in [0.717, 1.165) is 38.5 Å². The lowest BCUT2D eigenvalue weighted by Gasteiger charge is -2.53. The van der Waals surface area contributed by atoms with Crippen LogP contribution in [0, 0.1) is 35.0 Å². The molecule has 0 spiro atoms. The minimum Gasteiger partial charge on any atom is -0.465 e. The second-order valence-corrected chi connectivity index (χ2v) is 10.3. The number of hydrogen-bond donors (Lipinski definition) is 3. The molecule has 7 atom stereocenters. The van der Waals surface area contributed by atoms with Crippen molar-refractivity contribution < 1.29 is 14.7 Å². The summed E-state index contributed by atoms with van der Waals surface area (Å²) < 4.78 is 0. The van der Waals surface area contributed by atoms with E-state index in [0.29, 0.717) is 23.7 Å². The van der Waals surface area contributed by atoms with Crippen LogP contribution in [-0.4, -0.2) is 28.7 Å². The zero-order chi connectivity index (χ0) is 19.3. The molecule has 0 heterocycles. The first kappa shape index (κ1) is 19.5. The number of fused-ring (bicyclic) bond motifs is 3. The molecule has 0 aromatic heterocycles. The monoisotopic (exact) mass is 364 g/mol. The Bertz CT molecular complexity index is 570. The Morgan fingerprint density at radius 2 is 1.73 bits per heavy atom. The standard InChI is InChI=1S/C21H36N2O3/c1-12-13-10-11-21(5)15(14(13)6-9-17(12)22-19(25)26)7-8-16(21)18(24)23-20(2,3)4/h12-17,22H,6-11H2,1-5H3,(H,23,24)(H,25,26)/t12-,13+,14+,15-,16+,17?,21-/m0/s1. The van der Waals surface area contributed by atoms with Gasteiger partial charge in [0.05, 0.1) is 0 Å². The van der Waals surface area contributed by atoms with E-state index in [4.69, 9.17) is 5.11 Å². The molecule has 0 aromatic rings. The molecule has 26 heavy (non-hydrogen) atoms. The van der Waals surface area contributed by atoms with Crippen LogP contribution in [0.2, 0.25) is 0 Å². The van der Waals surface area contributed by atoms with Crippen molar-refractivity contribution in [3.05, 3.63) is 0 Å². The normalized spacial score (nSPS) is 42.5. The second-order valence-electron chi connectivity index (χ2n) is 10.3. The predicted molar refractivity (Wildman–Crippen MR) is 102 cm³/mol. The lowest BCUT2D eigenvalue weighted by atomic mass is 9.52. The Morgan fingerprint density at radius 1 is 1.04 bits per heavy atom. The van der Waals surface area contributed by atoms with E-state index in [1.54, 1.807) is 0 Å². The average molecular weight is 365 g/mol. The maximum absolute atomic E-state index is 12.9. The highest BCUT2D eigenvalue weighted by Crippen LogP contribution is 2.62. The summed E-state index contributed by atoms with van der Waals surface area (Å²) in [7, 11) is 0. The van der Waals surface area contributed by atoms with Crippen LogP contribution in [0.4, 0.5) is 4.79 Å². The van der Waals surface area contributed by atoms with Crippen molar-refractivity contribution in [1.29, 1.82) is 0 Å². The number of amides is 2. The summed E-state index contributed by atoms with van der Waals surface area (Å²) in [5.74, 6) is 2.57. The molecule has 0 radical (unpaired) electrons. The van der Waals surface area contributed by atoms with Gasteiger partial charge in [0.15, 0.2) is 0 Å². The highest BCUT2D eigenvalue weighted by Gasteiger charge is 2.57. The van der Waals surface area contributed by atoms with Crippen molar-refractivity contribution in [3.63, 3.8) is 0 Å². The Labute approximate surface area is 157 Å². The Hall–Kier alpha value is -1.26. The smallest absolute Gasteiger partial charge is 0.404 e. The van der Waals surface area contributed by atoms with Crippen LogP contribution in [-0.2, 0) is 4.79 Å². The van der Waals surface area contributed by atoms with Crippen molar-refractivity contribution in [2.75, 3.05) is 0 Å². The summed E-state index contributed by atoms with van der Waals surface area (Å²) >= 11 is 0. The van der Waals surface area contributed by atoms with E-state index in [2.05, 4.69) is 45.3 Å².